The summed E-state index contributed by atoms with van der Waals surface area (Å²) in [5.74, 6) is 0.836. The molecule has 2 nitrogen and oxygen atoms in total. The van der Waals surface area contributed by atoms with Gasteiger partial charge in [0.05, 0.1) is 12.8 Å². The van der Waals surface area contributed by atoms with Crippen molar-refractivity contribution in [1.29, 1.82) is 0 Å². The Labute approximate surface area is 142 Å². The highest BCUT2D eigenvalue weighted by Gasteiger charge is 1.95. The molecule has 2 heteroatoms. The molecule has 3 rings (SSSR count). The number of rotatable bonds is 5. The third-order valence-corrected chi connectivity index (χ3v) is 3.69. The van der Waals surface area contributed by atoms with Crippen LogP contribution in [0.1, 0.15) is 5.56 Å². The van der Waals surface area contributed by atoms with Crippen molar-refractivity contribution in [2.75, 3.05) is 7.11 Å². The highest BCUT2D eigenvalue weighted by atomic mass is 16.5. The minimum absolute atomic E-state index is 0.836. The quantitative estimate of drug-likeness (QED) is 0.547. The number of hydrogen-bond acceptors (Lipinski definition) is 2. The number of aliphatic imine (C=N–C) groups is 1. The lowest BCUT2D eigenvalue weighted by molar-refractivity contribution is 0.415. The van der Waals surface area contributed by atoms with Gasteiger partial charge in [-0.15, -0.1) is 0 Å². The van der Waals surface area contributed by atoms with Crippen LogP contribution >= 0.6 is 0 Å². The molecule has 118 valence electrons. The second-order valence-electron chi connectivity index (χ2n) is 5.32. The summed E-state index contributed by atoms with van der Waals surface area (Å²) in [6.07, 6.45) is 5.79. The highest BCUT2D eigenvalue weighted by molar-refractivity contribution is 5.80. The van der Waals surface area contributed by atoms with Crippen LogP contribution in [0.25, 0.3) is 17.2 Å². The molecule has 0 saturated heterocycles. The Morgan fingerprint density at radius 1 is 0.750 bits per heavy atom. The molecule has 0 spiro atoms. The zero-order valence-corrected chi connectivity index (χ0v) is 13.6. The number of nitrogens with zero attached hydrogens (tertiary/aromatic N) is 1. The average Bonchev–Trinajstić information content (AvgIpc) is 2.67. The van der Waals surface area contributed by atoms with E-state index in [9.17, 15) is 0 Å². The highest BCUT2D eigenvalue weighted by Crippen LogP contribution is 2.20. The zero-order valence-electron chi connectivity index (χ0n) is 13.6. The molecule has 0 N–H and O–H groups in total. The fourth-order valence-corrected chi connectivity index (χ4v) is 2.37. The molecular weight excluding hydrogens is 294 g/mol. The lowest BCUT2D eigenvalue weighted by Gasteiger charge is -2.01. The van der Waals surface area contributed by atoms with Crippen LogP contribution in [0, 0.1) is 0 Å². The largest absolute Gasteiger partial charge is 0.497 e. The Morgan fingerprint density at radius 2 is 1.42 bits per heavy atom. The Morgan fingerprint density at radius 3 is 2.08 bits per heavy atom. The lowest BCUT2D eigenvalue weighted by Crippen LogP contribution is -1.80. The molecule has 0 aliphatic carbocycles. The van der Waals surface area contributed by atoms with E-state index in [0.29, 0.717) is 0 Å². The SMILES string of the molecule is COc1ccc(N=C/C=C/c2ccc(-c3ccccc3)cc2)cc1. The Balaban J connectivity index is 1.63. The van der Waals surface area contributed by atoms with Crippen molar-refractivity contribution in [2.24, 2.45) is 4.99 Å². The predicted octanol–water partition coefficient (Wildman–Crippen LogP) is 5.78. The molecule has 0 aromatic heterocycles. The van der Waals surface area contributed by atoms with E-state index in [-0.39, 0.29) is 0 Å². The fourth-order valence-electron chi connectivity index (χ4n) is 2.37. The van der Waals surface area contributed by atoms with Gasteiger partial charge in [-0.1, -0.05) is 60.7 Å². The molecule has 0 atom stereocenters. The summed E-state index contributed by atoms with van der Waals surface area (Å²) in [5.41, 5.74) is 4.50. The fraction of sp³-hybridized carbons (Fsp3) is 0.0455. The third-order valence-electron chi connectivity index (χ3n) is 3.69. The smallest absolute Gasteiger partial charge is 0.119 e. The van der Waals surface area contributed by atoms with Gasteiger partial charge in [0.1, 0.15) is 5.75 Å². The number of hydrogen-bond donors (Lipinski definition) is 0. The number of allylic oxidation sites excluding steroid dienone is 1. The average molecular weight is 313 g/mol. The van der Waals surface area contributed by atoms with E-state index < -0.39 is 0 Å². The standard InChI is InChI=1S/C22H19NO/c1-24-22-15-13-21(14-16-22)23-17-5-6-18-9-11-20(12-10-18)19-7-3-2-4-8-19/h2-17H,1H3/b6-5+,23-17?. The molecular formula is C22H19NO. The van der Waals surface area contributed by atoms with Crippen molar-refractivity contribution in [2.45, 2.75) is 0 Å². The van der Waals surface area contributed by atoms with Gasteiger partial charge in [-0.2, -0.15) is 0 Å². The lowest BCUT2D eigenvalue weighted by atomic mass is 10.0. The summed E-state index contributed by atoms with van der Waals surface area (Å²) in [7, 11) is 1.66. The summed E-state index contributed by atoms with van der Waals surface area (Å²) in [6, 6.07) is 26.5. The molecule has 0 bridgehead atoms. The van der Waals surface area contributed by atoms with Crippen LogP contribution in [0.3, 0.4) is 0 Å². The van der Waals surface area contributed by atoms with Crippen LogP contribution < -0.4 is 4.74 Å². The minimum Gasteiger partial charge on any atom is -0.497 e. The summed E-state index contributed by atoms with van der Waals surface area (Å²) in [5, 5.41) is 0. The van der Waals surface area contributed by atoms with Crippen molar-refractivity contribution in [1.82, 2.24) is 0 Å². The maximum atomic E-state index is 5.13. The Hall–Kier alpha value is -3.13. The Kier molecular flexibility index (Phi) is 5.21. The van der Waals surface area contributed by atoms with Gasteiger partial charge in [0.25, 0.3) is 0 Å². The van der Waals surface area contributed by atoms with Crippen molar-refractivity contribution in [3.05, 3.63) is 90.5 Å². The van der Waals surface area contributed by atoms with E-state index >= 15 is 0 Å². The molecule has 3 aromatic rings. The molecule has 0 unspecified atom stereocenters. The molecule has 0 radical (unpaired) electrons. The van der Waals surface area contributed by atoms with Crippen molar-refractivity contribution in [3.8, 4) is 16.9 Å². The molecule has 0 aliphatic rings. The van der Waals surface area contributed by atoms with Crippen LogP contribution in [0.4, 0.5) is 5.69 Å². The van der Waals surface area contributed by atoms with Gasteiger partial charge < -0.3 is 4.74 Å². The van der Waals surface area contributed by atoms with Gasteiger partial charge in [0.2, 0.25) is 0 Å². The number of benzene rings is 3. The second-order valence-corrected chi connectivity index (χ2v) is 5.32. The first kappa shape index (κ1) is 15.8. The van der Waals surface area contributed by atoms with Gasteiger partial charge in [0, 0.05) is 6.21 Å². The van der Waals surface area contributed by atoms with Gasteiger partial charge in [-0.3, -0.25) is 4.99 Å². The summed E-state index contributed by atoms with van der Waals surface area (Å²) in [4.78, 5) is 4.39. The van der Waals surface area contributed by atoms with Crippen molar-refractivity contribution < 1.29 is 4.74 Å². The summed E-state index contributed by atoms with van der Waals surface area (Å²) in [6.45, 7) is 0. The number of ether oxygens (including phenoxy) is 1. The topological polar surface area (TPSA) is 21.6 Å². The molecule has 0 saturated carbocycles. The molecule has 24 heavy (non-hydrogen) atoms. The minimum atomic E-state index is 0.836. The zero-order chi connectivity index (χ0) is 16.6. The van der Waals surface area contributed by atoms with E-state index in [1.807, 2.05) is 42.5 Å². The molecule has 0 fully saturated rings. The first-order valence-corrected chi connectivity index (χ1v) is 7.85. The first-order valence-electron chi connectivity index (χ1n) is 7.85. The summed E-state index contributed by atoms with van der Waals surface area (Å²) >= 11 is 0. The van der Waals surface area contributed by atoms with Crippen LogP contribution in [0.5, 0.6) is 5.75 Å². The molecule has 0 amide bonds. The first-order chi connectivity index (χ1) is 11.8. The van der Waals surface area contributed by atoms with E-state index in [2.05, 4.69) is 53.5 Å². The monoisotopic (exact) mass is 313 g/mol. The second kappa shape index (κ2) is 7.93. The van der Waals surface area contributed by atoms with Gasteiger partial charge >= 0.3 is 0 Å². The summed E-state index contributed by atoms with van der Waals surface area (Å²) < 4.78 is 5.13. The maximum Gasteiger partial charge on any atom is 0.119 e. The van der Waals surface area contributed by atoms with Gasteiger partial charge in [0.15, 0.2) is 0 Å². The van der Waals surface area contributed by atoms with Crippen LogP contribution in [-0.4, -0.2) is 13.3 Å². The molecule has 0 aliphatic heterocycles. The third kappa shape index (κ3) is 4.20. The van der Waals surface area contributed by atoms with Crippen LogP contribution in [0.2, 0.25) is 0 Å². The van der Waals surface area contributed by atoms with Gasteiger partial charge in [-0.25, -0.2) is 0 Å². The number of methoxy groups -OCH3 is 1. The van der Waals surface area contributed by atoms with Crippen LogP contribution in [0.15, 0.2) is 89.9 Å². The van der Waals surface area contributed by atoms with Crippen molar-refractivity contribution >= 4 is 18.0 Å². The molecule has 3 aromatic carbocycles. The van der Waals surface area contributed by atoms with Crippen molar-refractivity contribution in [3.63, 3.8) is 0 Å². The van der Waals surface area contributed by atoms with E-state index in [1.54, 1.807) is 13.3 Å². The normalized spacial score (nSPS) is 11.2. The van der Waals surface area contributed by atoms with Crippen LogP contribution in [-0.2, 0) is 0 Å². The maximum absolute atomic E-state index is 5.13. The predicted molar refractivity (Wildman–Crippen MR) is 102 cm³/mol. The van der Waals surface area contributed by atoms with E-state index in [4.69, 9.17) is 4.74 Å². The Bertz CT molecular complexity index is 816. The van der Waals surface area contributed by atoms with E-state index in [0.717, 1.165) is 17.0 Å². The van der Waals surface area contributed by atoms with E-state index in [1.165, 1.54) is 11.1 Å². The van der Waals surface area contributed by atoms with Gasteiger partial charge in [-0.05, 0) is 47.0 Å². The molecule has 0 heterocycles.